The lowest BCUT2D eigenvalue weighted by Gasteiger charge is -2.16. The van der Waals surface area contributed by atoms with Crippen LogP contribution >= 0.6 is 0 Å². The van der Waals surface area contributed by atoms with Crippen LogP contribution in [0.2, 0.25) is 0 Å². The fourth-order valence-electron chi connectivity index (χ4n) is 12.2. The van der Waals surface area contributed by atoms with Crippen molar-refractivity contribution in [3.05, 3.63) is 257 Å². The maximum Gasteiger partial charge on any atom is 0.336 e. The Morgan fingerprint density at radius 1 is 0.527 bits per heavy atom. The first-order chi connectivity index (χ1) is 45.0. The number of fused-ring (bicyclic) bond motifs is 1. The molecule has 93 heavy (non-hydrogen) atoms. The van der Waals surface area contributed by atoms with Gasteiger partial charge in [0.1, 0.15) is 28.9 Å². The molecular formula is C69H78N18O6. The molecule has 7 N–H and O–H groups in total. The van der Waals surface area contributed by atoms with E-state index >= 15 is 0 Å². The van der Waals surface area contributed by atoms with E-state index in [4.69, 9.17) is 15.9 Å². The Balaban J connectivity index is 0.000000143. The van der Waals surface area contributed by atoms with Gasteiger partial charge in [0, 0.05) is 132 Å². The predicted octanol–water partition coefficient (Wildman–Crippen LogP) is 7.00. The summed E-state index contributed by atoms with van der Waals surface area (Å²) in [5.74, 6) is 3.16. The molecule has 0 spiro atoms. The fourth-order valence-corrected chi connectivity index (χ4v) is 12.2. The molecule has 10 heterocycles. The second-order valence-electron chi connectivity index (χ2n) is 24.2. The molecule has 480 valence electrons. The summed E-state index contributed by atoms with van der Waals surface area (Å²) < 4.78 is 1.68. The van der Waals surface area contributed by atoms with Crippen LogP contribution in [0.4, 0.5) is 0 Å². The Morgan fingerprint density at radius 2 is 0.957 bits per heavy atom. The summed E-state index contributed by atoms with van der Waals surface area (Å²) in [7, 11) is 0. The van der Waals surface area contributed by atoms with E-state index in [0.717, 1.165) is 81.4 Å². The number of imidazole rings is 1. The van der Waals surface area contributed by atoms with Crippen LogP contribution in [0.15, 0.2) is 167 Å². The summed E-state index contributed by atoms with van der Waals surface area (Å²) in [6.45, 7) is 20.4. The molecule has 3 fully saturated rings. The number of amides is 1. The van der Waals surface area contributed by atoms with Crippen molar-refractivity contribution in [2.45, 2.75) is 92.0 Å². The Labute approximate surface area is 537 Å². The quantitative estimate of drug-likeness (QED) is 0.0601. The lowest BCUT2D eigenvalue weighted by atomic mass is 9.97. The average molecular weight is 1260 g/mol. The number of aromatic amines is 3. The van der Waals surface area contributed by atoms with Crippen molar-refractivity contribution in [2.75, 3.05) is 39.3 Å². The smallest absolute Gasteiger partial charge is 0.336 e. The number of nitrogens with one attached hydrogen (secondary N) is 4. The number of H-pyrrole nitrogens is 3. The molecule has 24 heteroatoms. The number of nitrogens with zero attached hydrogens (tertiary/aromatic N) is 13. The number of aryl methyl sites for hydroxylation is 3. The number of carboxylic acids is 1. The van der Waals surface area contributed by atoms with Gasteiger partial charge in [0.05, 0.1) is 18.3 Å². The number of likely N-dealkylation sites (tertiary alicyclic amines) is 3. The number of aromatic nitrogens is 13. The average Bonchev–Trinajstić information content (AvgIpc) is 1.67. The highest BCUT2D eigenvalue weighted by molar-refractivity contribution is 5.95. The molecule has 10 aromatic rings. The molecule has 3 aliphatic heterocycles. The zero-order valence-electron chi connectivity index (χ0n) is 53.1. The van der Waals surface area contributed by atoms with E-state index in [-0.39, 0.29) is 64.8 Å². The van der Waals surface area contributed by atoms with Crippen LogP contribution in [-0.2, 0) is 32.7 Å². The molecule has 0 saturated carbocycles. The SMILES string of the molecule is CC1CN(Cc2ccccc2)CC1c1nnc(CN)c(=O)[nH]1.Cc1cnccc1-c1ncc2c(=O)[nH]c(C3CN(Cc4ccccc4)CC3C)nn12.Cc1cnccc1C(=O)NCc1nnc(C2CN(Cc3ccccc3)CC2C)[nH]c1=O.Cc1cnccc1C(=O)O. The van der Waals surface area contributed by atoms with Gasteiger partial charge >= 0.3 is 5.97 Å². The summed E-state index contributed by atoms with van der Waals surface area (Å²) in [5.41, 5.74) is 13.8. The molecule has 3 saturated heterocycles. The molecule has 7 aromatic heterocycles. The number of carboxylic acid groups (broad SMARTS) is 1. The molecule has 24 nitrogen and oxygen atoms in total. The van der Waals surface area contributed by atoms with Gasteiger partial charge in [0.15, 0.2) is 11.3 Å². The summed E-state index contributed by atoms with van der Waals surface area (Å²) in [6, 6.07) is 36.3. The number of nitrogens with two attached hydrogens (primary N) is 1. The van der Waals surface area contributed by atoms with E-state index in [0.29, 0.717) is 57.4 Å². The molecule has 0 radical (unpaired) electrons. The molecular weight excluding hydrogens is 1180 g/mol. The Kier molecular flexibility index (Phi) is 21.8. The first-order valence-corrected chi connectivity index (χ1v) is 31.1. The highest BCUT2D eigenvalue weighted by Gasteiger charge is 2.36. The zero-order valence-corrected chi connectivity index (χ0v) is 53.1. The first-order valence-electron chi connectivity index (χ1n) is 31.1. The number of carbonyl (C=O) groups excluding carboxylic acids is 1. The van der Waals surface area contributed by atoms with Gasteiger partial charge < -0.3 is 31.1 Å². The van der Waals surface area contributed by atoms with Crippen molar-refractivity contribution in [1.29, 1.82) is 0 Å². The van der Waals surface area contributed by atoms with E-state index in [1.54, 1.807) is 48.5 Å². The molecule has 1 amide bonds. The molecule has 13 rings (SSSR count). The zero-order chi connectivity index (χ0) is 65.5. The van der Waals surface area contributed by atoms with Crippen molar-refractivity contribution < 1.29 is 14.7 Å². The second-order valence-corrected chi connectivity index (χ2v) is 24.2. The van der Waals surface area contributed by atoms with Crippen LogP contribution in [0, 0.1) is 38.5 Å². The lowest BCUT2D eigenvalue weighted by Crippen LogP contribution is -2.30. The molecule has 0 aliphatic carbocycles. The molecule has 6 unspecified atom stereocenters. The van der Waals surface area contributed by atoms with E-state index in [1.807, 2.05) is 50.2 Å². The van der Waals surface area contributed by atoms with E-state index in [9.17, 15) is 24.0 Å². The third kappa shape index (κ3) is 16.7. The van der Waals surface area contributed by atoms with Gasteiger partial charge in [-0.1, -0.05) is 112 Å². The minimum atomic E-state index is -0.903. The lowest BCUT2D eigenvalue weighted by molar-refractivity contribution is 0.0695. The monoisotopic (exact) mass is 1250 g/mol. The number of hydrogen-bond donors (Lipinski definition) is 6. The highest BCUT2D eigenvalue weighted by atomic mass is 16.4. The van der Waals surface area contributed by atoms with Crippen LogP contribution in [-0.4, -0.2) is 136 Å². The van der Waals surface area contributed by atoms with Crippen LogP contribution in [0.1, 0.15) is 121 Å². The maximum absolute atomic E-state index is 12.8. The number of rotatable bonds is 15. The van der Waals surface area contributed by atoms with Crippen molar-refractivity contribution in [3.8, 4) is 11.4 Å². The third-order valence-corrected chi connectivity index (χ3v) is 17.2. The maximum atomic E-state index is 12.8. The Bertz CT molecular complexity index is 4340. The van der Waals surface area contributed by atoms with Crippen LogP contribution < -0.4 is 27.7 Å². The number of hydrogen-bond acceptors (Lipinski definition) is 18. The summed E-state index contributed by atoms with van der Waals surface area (Å²) in [4.78, 5) is 92.3. The van der Waals surface area contributed by atoms with Gasteiger partial charge in [-0.15, -0.1) is 20.4 Å². The van der Waals surface area contributed by atoms with Gasteiger partial charge in [0.2, 0.25) is 0 Å². The fraction of sp³-hybridized carbons (Fsp3) is 0.333. The van der Waals surface area contributed by atoms with Crippen LogP contribution in [0.5, 0.6) is 0 Å². The Hall–Kier alpha value is -10.1. The molecule has 6 atom stereocenters. The molecule has 3 aromatic carbocycles. The number of benzene rings is 3. The van der Waals surface area contributed by atoms with Gasteiger partial charge in [0.25, 0.3) is 22.6 Å². The van der Waals surface area contributed by atoms with E-state index < -0.39 is 5.97 Å². The largest absolute Gasteiger partial charge is 0.478 e. The first kappa shape index (κ1) is 65.8. The Morgan fingerprint density at radius 3 is 1.39 bits per heavy atom. The van der Waals surface area contributed by atoms with Crippen molar-refractivity contribution >= 4 is 17.4 Å². The van der Waals surface area contributed by atoms with Gasteiger partial charge in [-0.2, -0.15) is 5.10 Å². The highest BCUT2D eigenvalue weighted by Crippen LogP contribution is 2.34. The van der Waals surface area contributed by atoms with E-state index in [2.05, 4.69) is 157 Å². The standard InChI is InChI=1S/C23H26N6O2.C23H24N6O.C16H21N5O.C7H7NO2/c1-15-10-24-9-8-18(15)22(30)25-11-20-23(31)26-21(28-27-20)19-14-29(12-16(19)2)13-17-6-4-3-5-7-17;1-15-10-24-9-8-18(15)22-25-11-20-23(30)26-21(27-29(20)22)19-14-28(12-16(19)2)13-17-6-4-3-5-7-17;1-11-8-21(9-12-5-3-2-4-6-12)10-13(11)15-18-16(22)14(7-17)19-20-15;1-5-4-8-3-2-6(5)7(9)10/h3-10,16,19H,11-14H2,1-2H3,(H,25,30)(H,26,28,31);3-11,16,19H,12-14H2,1-2H3,(H,26,27,30);2-6,11,13H,7-10,17H2,1H3,(H,18,20,22);2-4H,1H3,(H,9,10). The van der Waals surface area contributed by atoms with E-state index in [1.165, 1.54) is 35.2 Å². The minimum Gasteiger partial charge on any atom is -0.478 e. The van der Waals surface area contributed by atoms with Gasteiger partial charge in [-0.05, 0) is 90.1 Å². The molecule has 0 bridgehead atoms. The van der Waals surface area contributed by atoms with Crippen molar-refractivity contribution in [2.24, 2.45) is 23.5 Å². The molecule has 3 aliphatic rings. The summed E-state index contributed by atoms with van der Waals surface area (Å²) in [5, 5.41) is 32.6. The summed E-state index contributed by atoms with van der Waals surface area (Å²) in [6.07, 6.45) is 11.3. The van der Waals surface area contributed by atoms with Gasteiger partial charge in [-0.3, -0.25) is 48.8 Å². The summed E-state index contributed by atoms with van der Waals surface area (Å²) >= 11 is 0. The van der Waals surface area contributed by atoms with Crippen LogP contribution in [0.3, 0.4) is 0 Å². The predicted molar refractivity (Wildman–Crippen MR) is 352 cm³/mol. The van der Waals surface area contributed by atoms with Crippen molar-refractivity contribution in [3.63, 3.8) is 0 Å². The third-order valence-electron chi connectivity index (χ3n) is 17.2. The number of carbonyl (C=O) groups is 2. The second kappa shape index (κ2) is 30.8. The van der Waals surface area contributed by atoms with Crippen LogP contribution in [0.25, 0.3) is 16.9 Å². The van der Waals surface area contributed by atoms with Crippen molar-refractivity contribution in [1.82, 2.24) is 84.9 Å². The topological polar surface area (TPSA) is 321 Å². The normalized spacial score (nSPS) is 18.8. The van der Waals surface area contributed by atoms with Gasteiger partial charge in [-0.25, -0.2) is 14.3 Å². The number of aromatic carboxylic acids is 1. The number of pyridine rings is 3. The minimum absolute atomic E-state index is 0.0174.